The van der Waals surface area contributed by atoms with E-state index in [0.29, 0.717) is 10.6 Å². The molecule has 18 heavy (non-hydrogen) atoms. The molecule has 3 heteroatoms. The van der Waals surface area contributed by atoms with Crippen LogP contribution in [0.2, 0.25) is 0 Å². The summed E-state index contributed by atoms with van der Waals surface area (Å²) in [5.41, 5.74) is 4.66. The fourth-order valence-corrected chi connectivity index (χ4v) is 3.55. The predicted octanol–water partition coefficient (Wildman–Crippen LogP) is 3.93. The molecule has 0 fully saturated rings. The SMILES string of the molecule is N#Cc1c(C2CC=CCC2)c2c([nH]c1=S)CCC2. The zero-order chi connectivity index (χ0) is 12.5. The monoisotopic (exact) mass is 256 g/mol. The van der Waals surface area contributed by atoms with Crippen molar-refractivity contribution in [2.24, 2.45) is 0 Å². The van der Waals surface area contributed by atoms with E-state index in [-0.39, 0.29) is 0 Å². The smallest absolute Gasteiger partial charge is 0.121 e. The van der Waals surface area contributed by atoms with Gasteiger partial charge in [-0.2, -0.15) is 5.26 Å². The number of fused-ring (bicyclic) bond motifs is 1. The first-order chi connectivity index (χ1) is 8.81. The number of aryl methyl sites for hydroxylation is 1. The molecule has 0 radical (unpaired) electrons. The average Bonchev–Trinajstić information content (AvgIpc) is 2.85. The second-order valence-corrected chi connectivity index (χ2v) is 5.55. The van der Waals surface area contributed by atoms with E-state index >= 15 is 0 Å². The summed E-state index contributed by atoms with van der Waals surface area (Å²) in [5, 5.41) is 9.41. The minimum atomic E-state index is 0.493. The molecule has 1 heterocycles. The van der Waals surface area contributed by atoms with E-state index in [1.807, 2.05) is 0 Å². The zero-order valence-corrected chi connectivity index (χ0v) is 11.1. The molecular formula is C15H16N2S. The summed E-state index contributed by atoms with van der Waals surface area (Å²) in [6.07, 6.45) is 11.2. The lowest BCUT2D eigenvalue weighted by Gasteiger charge is -2.22. The number of pyridine rings is 1. The van der Waals surface area contributed by atoms with E-state index in [1.165, 1.54) is 23.2 Å². The molecule has 1 aromatic rings. The molecule has 0 aliphatic heterocycles. The number of hydrogen-bond acceptors (Lipinski definition) is 2. The van der Waals surface area contributed by atoms with Crippen LogP contribution in [0.4, 0.5) is 0 Å². The first-order valence-electron chi connectivity index (χ1n) is 6.64. The molecule has 0 aromatic carbocycles. The van der Waals surface area contributed by atoms with Gasteiger partial charge >= 0.3 is 0 Å². The Morgan fingerprint density at radius 1 is 1.33 bits per heavy atom. The molecule has 2 aliphatic rings. The van der Waals surface area contributed by atoms with Gasteiger partial charge in [-0.1, -0.05) is 24.4 Å². The van der Waals surface area contributed by atoms with E-state index in [4.69, 9.17) is 12.2 Å². The van der Waals surface area contributed by atoms with E-state index in [0.717, 1.165) is 37.7 Å². The molecule has 1 aromatic heterocycles. The van der Waals surface area contributed by atoms with Crippen molar-refractivity contribution in [2.45, 2.75) is 44.4 Å². The number of aromatic nitrogens is 1. The van der Waals surface area contributed by atoms with Crippen molar-refractivity contribution in [3.8, 4) is 6.07 Å². The molecule has 2 nitrogen and oxygen atoms in total. The van der Waals surface area contributed by atoms with E-state index in [2.05, 4.69) is 23.2 Å². The quantitative estimate of drug-likeness (QED) is 0.611. The van der Waals surface area contributed by atoms with Crippen LogP contribution in [0.5, 0.6) is 0 Å². The van der Waals surface area contributed by atoms with E-state index < -0.39 is 0 Å². The first-order valence-corrected chi connectivity index (χ1v) is 7.05. The molecule has 0 saturated carbocycles. The van der Waals surface area contributed by atoms with Gasteiger partial charge in [-0.15, -0.1) is 0 Å². The normalized spacial score (nSPS) is 21.6. The third-order valence-electron chi connectivity index (χ3n) is 4.09. The van der Waals surface area contributed by atoms with Crippen LogP contribution in [0.15, 0.2) is 12.2 Å². The van der Waals surface area contributed by atoms with Gasteiger partial charge in [-0.3, -0.25) is 0 Å². The fraction of sp³-hybridized carbons (Fsp3) is 0.467. The Hall–Kier alpha value is -1.40. The number of H-pyrrole nitrogens is 1. The van der Waals surface area contributed by atoms with Gasteiger partial charge < -0.3 is 4.98 Å². The number of hydrogen-bond donors (Lipinski definition) is 1. The third-order valence-corrected chi connectivity index (χ3v) is 4.40. The predicted molar refractivity (Wildman–Crippen MR) is 74.1 cm³/mol. The van der Waals surface area contributed by atoms with Crippen LogP contribution in [0.3, 0.4) is 0 Å². The maximum atomic E-state index is 9.41. The summed E-state index contributed by atoms with van der Waals surface area (Å²) in [4.78, 5) is 3.26. The molecule has 1 atom stereocenters. The summed E-state index contributed by atoms with van der Waals surface area (Å²) in [6.45, 7) is 0. The van der Waals surface area contributed by atoms with E-state index in [9.17, 15) is 5.26 Å². The largest absolute Gasteiger partial charge is 0.349 e. The molecule has 3 rings (SSSR count). The van der Waals surface area contributed by atoms with Gasteiger partial charge in [0.1, 0.15) is 10.7 Å². The lowest BCUT2D eigenvalue weighted by atomic mass is 9.83. The van der Waals surface area contributed by atoms with Crippen LogP contribution < -0.4 is 0 Å². The number of allylic oxidation sites excluding steroid dienone is 2. The topological polar surface area (TPSA) is 39.6 Å². The second-order valence-electron chi connectivity index (χ2n) is 5.15. The molecule has 0 spiro atoms. The summed E-state index contributed by atoms with van der Waals surface area (Å²) in [5.74, 6) is 0.493. The Bertz CT molecular complexity index is 604. The highest BCUT2D eigenvalue weighted by Crippen LogP contribution is 2.37. The van der Waals surface area contributed by atoms with Crippen molar-refractivity contribution in [3.05, 3.63) is 39.2 Å². The molecule has 0 amide bonds. The van der Waals surface area contributed by atoms with Crippen molar-refractivity contribution in [1.29, 1.82) is 5.26 Å². The summed E-state index contributed by atoms with van der Waals surface area (Å²) in [7, 11) is 0. The Morgan fingerprint density at radius 3 is 2.94 bits per heavy atom. The molecule has 1 unspecified atom stereocenters. The minimum absolute atomic E-state index is 0.493. The molecule has 2 aliphatic carbocycles. The van der Waals surface area contributed by atoms with Gasteiger partial charge in [0.05, 0.1) is 5.56 Å². The minimum Gasteiger partial charge on any atom is -0.349 e. The van der Waals surface area contributed by atoms with Crippen LogP contribution in [0.1, 0.15) is 54.0 Å². The van der Waals surface area contributed by atoms with E-state index in [1.54, 1.807) is 0 Å². The highest BCUT2D eigenvalue weighted by Gasteiger charge is 2.25. The van der Waals surface area contributed by atoms with Crippen molar-refractivity contribution in [2.75, 3.05) is 0 Å². The lowest BCUT2D eigenvalue weighted by Crippen LogP contribution is -2.09. The third kappa shape index (κ3) is 1.81. The zero-order valence-electron chi connectivity index (χ0n) is 10.3. The lowest BCUT2D eigenvalue weighted by molar-refractivity contribution is 0.609. The Labute approximate surface area is 112 Å². The maximum Gasteiger partial charge on any atom is 0.121 e. The maximum absolute atomic E-state index is 9.41. The van der Waals surface area contributed by atoms with Gasteiger partial charge in [0.15, 0.2) is 0 Å². The molecule has 1 N–H and O–H groups in total. The van der Waals surface area contributed by atoms with Crippen LogP contribution in [-0.4, -0.2) is 4.98 Å². The Balaban J connectivity index is 2.20. The van der Waals surface area contributed by atoms with Gasteiger partial charge in [-0.25, -0.2) is 0 Å². The summed E-state index contributed by atoms with van der Waals surface area (Å²) < 4.78 is 0.641. The second kappa shape index (κ2) is 4.70. The molecule has 92 valence electrons. The van der Waals surface area contributed by atoms with Crippen molar-refractivity contribution < 1.29 is 0 Å². The van der Waals surface area contributed by atoms with Crippen LogP contribution in [0.25, 0.3) is 0 Å². The summed E-state index contributed by atoms with van der Waals surface area (Å²) >= 11 is 5.35. The number of aromatic amines is 1. The van der Waals surface area contributed by atoms with Gasteiger partial charge in [-0.05, 0) is 55.6 Å². The van der Waals surface area contributed by atoms with Gasteiger partial charge in [0.25, 0.3) is 0 Å². The summed E-state index contributed by atoms with van der Waals surface area (Å²) in [6, 6.07) is 2.33. The highest BCUT2D eigenvalue weighted by atomic mass is 32.1. The highest BCUT2D eigenvalue weighted by molar-refractivity contribution is 7.71. The molecule has 0 saturated heterocycles. The van der Waals surface area contributed by atoms with Crippen molar-refractivity contribution >= 4 is 12.2 Å². The fourth-order valence-electron chi connectivity index (χ4n) is 3.27. The van der Waals surface area contributed by atoms with Gasteiger partial charge in [0, 0.05) is 5.69 Å². The number of rotatable bonds is 1. The number of nitrogens with zero attached hydrogens (tertiary/aromatic N) is 1. The Morgan fingerprint density at radius 2 is 2.22 bits per heavy atom. The standard InChI is InChI=1S/C15H16N2S/c16-9-12-14(10-5-2-1-3-6-10)11-7-4-8-13(11)17-15(12)18/h1-2,10H,3-8H2,(H,17,18). The number of nitrogens with one attached hydrogen (secondary N) is 1. The molecular weight excluding hydrogens is 240 g/mol. The molecule has 0 bridgehead atoms. The van der Waals surface area contributed by atoms with Crippen molar-refractivity contribution in [3.63, 3.8) is 0 Å². The number of nitriles is 1. The van der Waals surface area contributed by atoms with Crippen LogP contribution in [0, 0.1) is 16.0 Å². The van der Waals surface area contributed by atoms with Crippen LogP contribution >= 0.6 is 12.2 Å². The first kappa shape index (κ1) is 11.7. The van der Waals surface area contributed by atoms with Gasteiger partial charge in [0.2, 0.25) is 0 Å². The Kier molecular flexibility index (Phi) is 3.05. The van der Waals surface area contributed by atoms with Crippen LogP contribution in [-0.2, 0) is 12.8 Å². The van der Waals surface area contributed by atoms with Crippen molar-refractivity contribution in [1.82, 2.24) is 4.98 Å². The average molecular weight is 256 g/mol.